The molecular formula is C19H11BrN2O2. The Morgan fingerprint density at radius 1 is 0.833 bits per heavy atom. The number of fused-ring (bicyclic) bond motifs is 1. The van der Waals surface area contributed by atoms with Gasteiger partial charge in [0.15, 0.2) is 5.78 Å². The summed E-state index contributed by atoms with van der Waals surface area (Å²) in [4.78, 5) is 24.9. The number of nitrogens with zero attached hydrogens (tertiary/aromatic N) is 2. The average molecular weight is 379 g/mol. The van der Waals surface area contributed by atoms with Crippen molar-refractivity contribution in [2.24, 2.45) is 0 Å². The van der Waals surface area contributed by atoms with Crippen molar-refractivity contribution in [3.8, 4) is 16.9 Å². The van der Waals surface area contributed by atoms with Crippen molar-refractivity contribution in [2.75, 3.05) is 0 Å². The smallest absolute Gasteiger partial charge is 0.205 e. The van der Waals surface area contributed by atoms with Crippen molar-refractivity contribution >= 4 is 27.5 Å². The number of hydrogen-bond donors (Lipinski definition) is 0. The first-order valence-electron chi connectivity index (χ1n) is 7.36. The monoisotopic (exact) mass is 378 g/mol. The highest BCUT2D eigenvalue weighted by Gasteiger charge is 2.30. The van der Waals surface area contributed by atoms with Crippen LogP contribution in [0, 0.1) is 0 Å². The zero-order valence-electron chi connectivity index (χ0n) is 12.4. The number of para-hydroxylation sites is 1. The molecule has 3 aromatic rings. The van der Waals surface area contributed by atoms with Crippen molar-refractivity contribution in [3.05, 3.63) is 82.5 Å². The fourth-order valence-corrected chi connectivity index (χ4v) is 3.02. The fraction of sp³-hybridized carbons (Fsp3) is 0. The van der Waals surface area contributed by atoms with Gasteiger partial charge in [0, 0.05) is 10.0 Å². The number of carbonyl (C=O) groups excluding carboxylic acids is 2. The van der Waals surface area contributed by atoms with Crippen molar-refractivity contribution < 1.29 is 9.59 Å². The van der Waals surface area contributed by atoms with Gasteiger partial charge < -0.3 is 0 Å². The van der Waals surface area contributed by atoms with Gasteiger partial charge in [0.25, 0.3) is 0 Å². The summed E-state index contributed by atoms with van der Waals surface area (Å²) >= 11 is 3.40. The van der Waals surface area contributed by atoms with Crippen LogP contribution in [0.1, 0.15) is 20.8 Å². The highest BCUT2D eigenvalue weighted by atomic mass is 79.9. The first kappa shape index (κ1) is 14.8. The van der Waals surface area contributed by atoms with Gasteiger partial charge in [-0.15, -0.1) is 0 Å². The van der Waals surface area contributed by atoms with Crippen LogP contribution in [0.4, 0.5) is 0 Å². The standard InChI is InChI=1S/C19H11BrN2O2/c20-13-8-6-12(7-9-13)18-17-15(23)10-11-16(24)19(17)22(21-18)14-4-2-1-3-5-14/h1-11H. The number of ketones is 2. The van der Waals surface area contributed by atoms with Gasteiger partial charge in [-0.2, -0.15) is 5.10 Å². The molecular weight excluding hydrogens is 368 g/mol. The van der Waals surface area contributed by atoms with Crippen molar-refractivity contribution in [1.29, 1.82) is 0 Å². The van der Waals surface area contributed by atoms with Gasteiger partial charge in [0.05, 0.1) is 11.3 Å². The minimum absolute atomic E-state index is 0.204. The summed E-state index contributed by atoms with van der Waals surface area (Å²) in [6.07, 6.45) is 2.61. The summed E-state index contributed by atoms with van der Waals surface area (Å²) in [7, 11) is 0. The van der Waals surface area contributed by atoms with Crippen molar-refractivity contribution in [3.63, 3.8) is 0 Å². The largest absolute Gasteiger partial charge is 0.289 e. The molecule has 0 radical (unpaired) electrons. The zero-order valence-corrected chi connectivity index (χ0v) is 14.0. The Bertz CT molecular complexity index is 986. The molecule has 2 aromatic carbocycles. The van der Waals surface area contributed by atoms with Crippen LogP contribution in [0.3, 0.4) is 0 Å². The van der Waals surface area contributed by atoms with E-state index in [1.165, 1.54) is 12.2 Å². The summed E-state index contributed by atoms with van der Waals surface area (Å²) in [6.45, 7) is 0. The van der Waals surface area contributed by atoms with E-state index in [0.717, 1.165) is 15.7 Å². The molecule has 0 atom stereocenters. The lowest BCUT2D eigenvalue weighted by Gasteiger charge is -2.08. The summed E-state index contributed by atoms with van der Waals surface area (Å²) < 4.78 is 2.49. The van der Waals surface area contributed by atoms with Crippen LogP contribution in [0.25, 0.3) is 16.9 Å². The zero-order chi connectivity index (χ0) is 16.7. The van der Waals surface area contributed by atoms with Gasteiger partial charge in [0.2, 0.25) is 5.78 Å². The maximum Gasteiger partial charge on any atom is 0.205 e. The third kappa shape index (κ3) is 2.34. The SMILES string of the molecule is O=C1C=CC(=O)c2c1c(-c1ccc(Br)cc1)nn2-c1ccccc1. The Labute approximate surface area is 146 Å². The number of rotatable bonds is 2. The first-order chi connectivity index (χ1) is 11.6. The molecule has 0 bridgehead atoms. The van der Waals surface area contributed by atoms with Crippen molar-refractivity contribution in [1.82, 2.24) is 9.78 Å². The Morgan fingerprint density at radius 3 is 2.21 bits per heavy atom. The molecule has 1 aromatic heterocycles. The Hall–Kier alpha value is -2.79. The Balaban J connectivity index is 2.01. The average Bonchev–Trinajstić information content (AvgIpc) is 3.01. The van der Waals surface area contributed by atoms with E-state index < -0.39 is 0 Å². The second-order valence-corrected chi connectivity index (χ2v) is 6.30. The molecule has 24 heavy (non-hydrogen) atoms. The lowest BCUT2D eigenvalue weighted by Crippen LogP contribution is -2.15. The van der Waals surface area contributed by atoms with E-state index >= 15 is 0 Å². The molecule has 0 spiro atoms. The van der Waals surface area contributed by atoms with E-state index in [9.17, 15) is 9.59 Å². The lowest BCUT2D eigenvalue weighted by atomic mass is 9.96. The molecule has 1 aliphatic carbocycles. The van der Waals surface area contributed by atoms with E-state index in [-0.39, 0.29) is 11.6 Å². The van der Waals surface area contributed by atoms with Crippen LogP contribution in [0.15, 0.2) is 71.2 Å². The highest BCUT2D eigenvalue weighted by Crippen LogP contribution is 2.31. The number of carbonyl (C=O) groups is 2. The van der Waals surface area contributed by atoms with Gasteiger partial charge in [-0.05, 0) is 36.4 Å². The first-order valence-corrected chi connectivity index (χ1v) is 8.15. The molecule has 0 N–H and O–H groups in total. The molecule has 5 heteroatoms. The summed E-state index contributed by atoms with van der Waals surface area (Å²) in [5, 5.41) is 4.58. The highest BCUT2D eigenvalue weighted by molar-refractivity contribution is 9.10. The molecule has 0 unspecified atom stereocenters. The van der Waals surface area contributed by atoms with Crippen molar-refractivity contribution in [2.45, 2.75) is 0 Å². The molecule has 4 rings (SSSR count). The maximum atomic E-state index is 12.4. The van der Waals surface area contributed by atoms with E-state index in [1.807, 2.05) is 54.6 Å². The van der Waals surface area contributed by atoms with Gasteiger partial charge in [-0.3, -0.25) is 9.59 Å². The fourth-order valence-electron chi connectivity index (χ4n) is 2.76. The molecule has 1 aliphatic rings. The quantitative estimate of drug-likeness (QED) is 0.670. The normalized spacial score (nSPS) is 13.2. The van der Waals surface area contributed by atoms with E-state index in [4.69, 9.17) is 0 Å². The number of halogens is 1. The van der Waals surface area contributed by atoms with Crippen LogP contribution in [-0.4, -0.2) is 21.3 Å². The Morgan fingerprint density at radius 2 is 1.50 bits per heavy atom. The second kappa shape index (κ2) is 5.69. The molecule has 116 valence electrons. The molecule has 0 amide bonds. The number of aromatic nitrogens is 2. The summed E-state index contributed by atoms with van der Waals surface area (Å²) in [5.41, 5.74) is 2.72. The van der Waals surface area contributed by atoms with E-state index in [0.29, 0.717) is 17.0 Å². The molecule has 0 aliphatic heterocycles. The topological polar surface area (TPSA) is 52.0 Å². The molecule has 0 fully saturated rings. The third-order valence-electron chi connectivity index (χ3n) is 3.87. The predicted molar refractivity (Wildman–Crippen MR) is 94.5 cm³/mol. The molecule has 4 nitrogen and oxygen atoms in total. The number of hydrogen-bond acceptors (Lipinski definition) is 3. The lowest BCUT2D eigenvalue weighted by molar-refractivity contribution is 0.0990. The number of allylic oxidation sites excluding steroid dienone is 2. The van der Waals surface area contributed by atoms with E-state index in [2.05, 4.69) is 21.0 Å². The van der Waals surface area contributed by atoms with Crippen LogP contribution >= 0.6 is 15.9 Å². The van der Waals surface area contributed by atoms with E-state index in [1.54, 1.807) is 4.68 Å². The second-order valence-electron chi connectivity index (χ2n) is 5.39. The minimum atomic E-state index is -0.218. The van der Waals surface area contributed by atoms with Crippen LogP contribution in [0.5, 0.6) is 0 Å². The summed E-state index contributed by atoms with van der Waals surface area (Å²) in [5.74, 6) is -0.422. The Kier molecular flexibility index (Phi) is 3.50. The minimum Gasteiger partial charge on any atom is -0.289 e. The van der Waals surface area contributed by atoms with Gasteiger partial charge in [-0.25, -0.2) is 4.68 Å². The number of benzene rings is 2. The van der Waals surface area contributed by atoms with Gasteiger partial charge in [0.1, 0.15) is 11.4 Å². The van der Waals surface area contributed by atoms with Gasteiger partial charge in [-0.1, -0.05) is 46.3 Å². The van der Waals surface area contributed by atoms with Gasteiger partial charge >= 0.3 is 0 Å². The van der Waals surface area contributed by atoms with Crippen LogP contribution in [-0.2, 0) is 0 Å². The third-order valence-corrected chi connectivity index (χ3v) is 4.40. The maximum absolute atomic E-state index is 12.4. The van der Waals surface area contributed by atoms with Crippen LogP contribution < -0.4 is 0 Å². The molecule has 0 saturated carbocycles. The molecule has 0 saturated heterocycles. The van der Waals surface area contributed by atoms with Crippen LogP contribution in [0.2, 0.25) is 0 Å². The summed E-state index contributed by atoms with van der Waals surface area (Å²) in [6, 6.07) is 16.9. The predicted octanol–water partition coefficient (Wildman–Crippen LogP) is 4.24. The molecule has 1 heterocycles.